The van der Waals surface area contributed by atoms with Crippen molar-refractivity contribution < 1.29 is 14.0 Å². The van der Waals surface area contributed by atoms with Crippen molar-refractivity contribution in [2.45, 2.75) is 0 Å². The number of nitrogens with zero attached hydrogens (tertiary/aromatic N) is 1. The SMILES string of the molecule is Nc1cc(-c2cc(Br)cc3c2OCO3)no1. The van der Waals surface area contributed by atoms with E-state index in [1.165, 1.54) is 0 Å². The van der Waals surface area contributed by atoms with Gasteiger partial charge in [-0.05, 0) is 12.1 Å². The molecule has 2 N–H and O–H groups in total. The Morgan fingerprint density at radius 3 is 2.88 bits per heavy atom. The van der Waals surface area contributed by atoms with Crippen LogP contribution < -0.4 is 15.2 Å². The van der Waals surface area contributed by atoms with Gasteiger partial charge in [0.2, 0.25) is 12.7 Å². The number of fused-ring (bicyclic) bond motifs is 1. The van der Waals surface area contributed by atoms with Gasteiger partial charge in [0.1, 0.15) is 5.69 Å². The molecule has 0 radical (unpaired) electrons. The van der Waals surface area contributed by atoms with Crippen LogP contribution in [0.25, 0.3) is 11.3 Å². The van der Waals surface area contributed by atoms with Crippen molar-refractivity contribution in [1.82, 2.24) is 5.16 Å². The lowest BCUT2D eigenvalue weighted by Gasteiger charge is -2.02. The molecule has 0 unspecified atom stereocenters. The predicted octanol–water partition coefficient (Wildman–Crippen LogP) is 2.42. The topological polar surface area (TPSA) is 70.5 Å². The third-order valence-electron chi connectivity index (χ3n) is 2.24. The van der Waals surface area contributed by atoms with E-state index in [1.54, 1.807) is 6.07 Å². The van der Waals surface area contributed by atoms with Crippen molar-refractivity contribution in [1.29, 1.82) is 0 Å². The second-order valence-electron chi connectivity index (χ2n) is 3.30. The molecule has 16 heavy (non-hydrogen) atoms. The van der Waals surface area contributed by atoms with E-state index in [-0.39, 0.29) is 12.7 Å². The molecule has 0 bridgehead atoms. The number of anilines is 1. The minimum Gasteiger partial charge on any atom is -0.454 e. The van der Waals surface area contributed by atoms with Gasteiger partial charge in [-0.15, -0.1) is 0 Å². The lowest BCUT2D eigenvalue weighted by atomic mass is 10.1. The monoisotopic (exact) mass is 282 g/mol. The number of hydrogen-bond acceptors (Lipinski definition) is 5. The van der Waals surface area contributed by atoms with Gasteiger partial charge in [0.15, 0.2) is 11.5 Å². The zero-order chi connectivity index (χ0) is 11.1. The number of hydrogen-bond donors (Lipinski definition) is 1. The highest BCUT2D eigenvalue weighted by Crippen LogP contribution is 2.43. The quantitative estimate of drug-likeness (QED) is 0.870. The number of nitrogens with two attached hydrogens (primary N) is 1. The summed E-state index contributed by atoms with van der Waals surface area (Å²) >= 11 is 3.39. The zero-order valence-electron chi connectivity index (χ0n) is 8.07. The Hall–Kier alpha value is -1.69. The average Bonchev–Trinajstić information content (AvgIpc) is 2.84. The van der Waals surface area contributed by atoms with Crippen molar-refractivity contribution in [3.63, 3.8) is 0 Å². The third kappa shape index (κ3) is 1.42. The summed E-state index contributed by atoms with van der Waals surface area (Å²) in [4.78, 5) is 0. The minimum absolute atomic E-state index is 0.214. The van der Waals surface area contributed by atoms with E-state index in [1.807, 2.05) is 12.1 Å². The molecule has 0 spiro atoms. The Morgan fingerprint density at radius 2 is 2.12 bits per heavy atom. The highest BCUT2D eigenvalue weighted by Gasteiger charge is 2.21. The van der Waals surface area contributed by atoms with E-state index in [2.05, 4.69) is 21.1 Å². The molecule has 1 aliphatic rings. The average molecular weight is 283 g/mol. The zero-order valence-corrected chi connectivity index (χ0v) is 9.65. The van der Waals surface area contributed by atoms with Gasteiger partial charge < -0.3 is 19.7 Å². The number of halogens is 1. The Kier molecular flexibility index (Phi) is 2.03. The van der Waals surface area contributed by atoms with Crippen LogP contribution in [-0.2, 0) is 0 Å². The Bertz CT molecular complexity index is 553. The summed E-state index contributed by atoms with van der Waals surface area (Å²) < 4.78 is 16.4. The van der Waals surface area contributed by atoms with Crippen LogP contribution in [0.1, 0.15) is 0 Å². The highest BCUT2D eigenvalue weighted by atomic mass is 79.9. The van der Waals surface area contributed by atoms with Crippen LogP contribution in [0, 0.1) is 0 Å². The Labute approximate surface area is 99.2 Å². The van der Waals surface area contributed by atoms with Gasteiger partial charge in [-0.2, -0.15) is 0 Å². The van der Waals surface area contributed by atoms with Crippen LogP contribution in [0.4, 0.5) is 5.88 Å². The molecular weight excluding hydrogens is 276 g/mol. The maximum Gasteiger partial charge on any atom is 0.231 e. The summed E-state index contributed by atoms with van der Waals surface area (Å²) in [5.74, 6) is 1.62. The third-order valence-corrected chi connectivity index (χ3v) is 2.70. The Morgan fingerprint density at radius 1 is 1.25 bits per heavy atom. The fourth-order valence-corrected chi connectivity index (χ4v) is 2.02. The fourth-order valence-electron chi connectivity index (χ4n) is 1.58. The van der Waals surface area contributed by atoms with E-state index >= 15 is 0 Å². The van der Waals surface area contributed by atoms with Crippen LogP contribution in [0.15, 0.2) is 27.2 Å². The smallest absolute Gasteiger partial charge is 0.231 e. The highest BCUT2D eigenvalue weighted by molar-refractivity contribution is 9.10. The molecule has 1 aromatic carbocycles. The van der Waals surface area contributed by atoms with Crippen molar-refractivity contribution in [3.05, 3.63) is 22.7 Å². The molecule has 5 nitrogen and oxygen atoms in total. The Balaban J connectivity index is 2.20. The maximum atomic E-state index is 5.49. The summed E-state index contributed by atoms with van der Waals surface area (Å²) in [6.45, 7) is 0.214. The molecule has 2 heterocycles. The van der Waals surface area contributed by atoms with E-state index in [0.29, 0.717) is 17.2 Å². The van der Waals surface area contributed by atoms with Crippen molar-refractivity contribution in [2.24, 2.45) is 0 Å². The first-order valence-corrected chi connectivity index (χ1v) is 5.35. The van der Waals surface area contributed by atoms with Gasteiger partial charge in [0.05, 0.1) is 5.56 Å². The molecule has 0 aliphatic carbocycles. The summed E-state index contributed by atoms with van der Waals surface area (Å²) in [5.41, 5.74) is 6.91. The van der Waals surface area contributed by atoms with Crippen molar-refractivity contribution >= 4 is 21.8 Å². The molecule has 0 amide bonds. The summed E-state index contributed by atoms with van der Waals surface area (Å²) in [7, 11) is 0. The summed E-state index contributed by atoms with van der Waals surface area (Å²) in [5, 5.41) is 3.85. The first-order valence-electron chi connectivity index (χ1n) is 4.56. The molecule has 2 aromatic rings. The first kappa shape index (κ1) is 9.53. The molecule has 0 saturated carbocycles. The molecule has 0 atom stereocenters. The molecule has 6 heteroatoms. The molecule has 3 rings (SSSR count). The lowest BCUT2D eigenvalue weighted by molar-refractivity contribution is 0.174. The number of benzene rings is 1. The molecule has 0 saturated heterocycles. The normalized spacial score (nSPS) is 13.1. The van der Waals surface area contributed by atoms with Crippen molar-refractivity contribution in [2.75, 3.05) is 12.5 Å². The number of nitrogen functional groups attached to an aromatic ring is 1. The van der Waals surface area contributed by atoms with E-state index < -0.39 is 0 Å². The van der Waals surface area contributed by atoms with Crippen LogP contribution in [0.3, 0.4) is 0 Å². The van der Waals surface area contributed by atoms with E-state index in [9.17, 15) is 0 Å². The van der Waals surface area contributed by atoms with Crippen LogP contribution in [0.5, 0.6) is 11.5 Å². The maximum absolute atomic E-state index is 5.49. The van der Waals surface area contributed by atoms with Gasteiger partial charge in [-0.3, -0.25) is 0 Å². The number of aromatic nitrogens is 1. The van der Waals surface area contributed by atoms with Gasteiger partial charge in [-0.25, -0.2) is 0 Å². The summed E-state index contributed by atoms with van der Waals surface area (Å²) in [6.07, 6.45) is 0. The minimum atomic E-state index is 0.214. The van der Waals surface area contributed by atoms with E-state index in [4.69, 9.17) is 19.7 Å². The molecule has 1 aliphatic heterocycles. The van der Waals surface area contributed by atoms with Gasteiger partial charge in [-0.1, -0.05) is 21.1 Å². The number of ether oxygens (including phenoxy) is 2. The molecule has 82 valence electrons. The van der Waals surface area contributed by atoms with Gasteiger partial charge in [0, 0.05) is 10.5 Å². The fraction of sp³-hybridized carbons (Fsp3) is 0.100. The molecular formula is C10H7BrN2O3. The standard InChI is InChI=1S/C10H7BrN2O3/c11-5-1-6(7-3-9(12)16-13-7)10-8(2-5)14-4-15-10/h1-3H,4,12H2. The van der Waals surface area contributed by atoms with Gasteiger partial charge in [0.25, 0.3) is 0 Å². The van der Waals surface area contributed by atoms with Crippen LogP contribution in [-0.4, -0.2) is 11.9 Å². The summed E-state index contributed by atoms with van der Waals surface area (Å²) in [6, 6.07) is 5.36. The van der Waals surface area contributed by atoms with E-state index in [0.717, 1.165) is 10.0 Å². The van der Waals surface area contributed by atoms with Crippen LogP contribution >= 0.6 is 15.9 Å². The predicted molar refractivity (Wildman–Crippen MR) is 60.2 cm³/mol. The molecule has 0 fully saturated rings. The second-order valence-corrected chi connectivity index (χ2v) is 4.22. The van der Waals surface area contributed by atoms with Gasteiger partial charge >= 0.3 is 0 Å². The van der Waals surface area contributed by atoms with Crippen molar-refractivity contribution in [3.8, 4) is 22.8 Å². The first-order chi connectivity index (χ1) is 7.74. The second kappa shape index (κ2) is 3.41. The lowest BCUT2D eigenvalue weighted by Crippen LogP contribution is -1.93. The molecule has 1 aromatic heterocycles. The largest absolute Gasteiger partial charge is 0.454 e. The number of rotatable bonds is 1. The van der Waals surface area contributed by atoms with Crippen LogP contribution in [0.2, 0.25) is 0 Å².